The minimum atomic E-state index is -0.649. The van der Waals surface area contributed by atoms with E-state index in [1.54, 1.807) is 45.0 Å². The molecule has 10 heteroatoms. The van der Waals surface area contributed by atoms with Gasteiger partial charge in [0, 0.05) is 6.07 Å². The maximum atomic E-state index is 12.6. The first kappa shape index (κ1) is 23.3. The van der Waals surface area contributed by atoms with Crippen molar-refractivity contribution in [3.05, 3.63) is 62.4 Å². The zero-order valence-electron chi connectivity index (χ0n) is 18.3. The molecule has 9 nitrogen and oxygen atoms in total. The SMILES string of the molecule is CC[C@@H](COc1nc(Cl)cc2c1c(=O)[nH]c(=O)n2-c1ccccc1)NC(=O)OC(C)(C)C. The number of aromatic amines is 1. The van der Waals surface area contributed by atoms with Crippen molar-refractivity contribution >= 4 is 28.6 Å². The molecule has 1 atom stereocenters. The smallest absolute Gasteiger partial charge is 0.407 e. The third kappa shape index (κ3) is 5.47. The van der Waals surface area contributed by atoms with Gasteiger partial charge in [0.05, 0.1) is 17.2 Å². The number of nitrogens with one attached hydrogen (secondary N) is 2. The number of para-hydroxylation sites is 1. The number of aromatic nitrogens is 3. The molecule has 0 radical (unpaired) electrons. The molecule has 0 unspecified atom stereocenters. The molecular formula is C22H25ClN4O5. The highest BCUT2D eigenvalue weighted by Gasteiger charge is 2.21. The van der Waals surface area contributed by atoms with Crippen molar-refractivity contribution in [3.8, 4) is 11.6 Å². The third-order valence-corrected chi connectivity index (χ3v) is 4.67. The predicted octanol–water partition coefficient (Wildman–Crippen LogP) is 3.41. The summed E-state index contributed by atoms with van der Waals surface area (Å²) in [6.07, 6.45) is -0.0318. The van der Waals surface area contributed by atoms with Gasteiger partial charge in [-0.3, -0.25) is 14.3 Å². The van der Waals surface area contributed by atoms with Crippen LogP contribution in [-0.2, 0) is 4.74 Å². The molecule has 2 aromatic heterocycles. The average molecular weight is 461 g/mol. The zero-order valence-corrected chi connectivity index (χ0v) is 19.0. The molecule has 1 amide bonds. The van der Waals surface area contributed by atoms with Crippen LogP contribution in [0.4, 0.5) is 4.79 Å². The topological polar surface area (TPSA) is 115 Å². The number of hydrogen-bond acceptors (Lipinski definition) is 6. The lowest BCUT2D eigenvalue weighted by molar-refractivity contribution is 0.0485. The van der Waals surface area contributed by atoms with E-state index in [4.69, 9.17) is 21.1 Å². The van der Waals surface area contributed by atoms with E-state index in [0.717, 1.165) is 0 Å². The van der Waals surface area contributed by atoms with Crippen molar-refractivity contribution in [1.82, 2.24) is 19.9 Å². The lowest BCUT2D eigenvalue weighted by Gasteiger charge is -2.23. The Kier molecular flexibility index (Phi) is 6.88. The zero-order chi connectivity index (χ0) is 23.5. The molecule has 3 rings (SSSR count). The minimum Gasteiger partial charge on any atom is -0.475 e. The van der Waals surface area contributed by atoms with Crippen LogP contribution in [0.3, 0.4) is 0 Å². The highest BCUT2D eigenvalue weighted by molar-refractivity contribution is 6.30. The van der Waals surface area contributed by atoms with E-state index < -0.39 is 29.0 Å². The summed E-state index contributed by atoms with van der Waals surface area (Å²) >= 11 is 6.19. The first-order valence-corrected chi connectivity index (χ1v) is 10.5. The number of ether oxygens (including phenoxy) is 2. The number of rotatable bonds is 6. The van der Waals surface area contributed by atoms with E-state index in [1.807, 2.05) is 13.0 Å². The lowest BCUT2D eigenvalue weighted by Crippen LogP contribution is -2.42. The normalized spacial score (nSPS) is 12.4. The molecule has 2 heterocycles. The van der Waals surface area contributed by atoms with Gasteiger partial charge >= 0.3 is 11.8 Å². The predicted molar refractivity (Wildman–Crippen MR) is 122 cm³/mol. The third-order valence-electron chi connectivity index (χ3n) is 4.47. The summed E-state index contributed by atoms with van der Waals surface area (Å²) in [5.41, 5.74) is -1.09. The fourth-order valence-corrected chi connectivity index (χ4v) is 3.23. The molecule has 0 bridgehead atoms. The molecule has 0 saturated heterocycles. The van der Waals surface area contributed by atoms with Gasteiger partial charge in [-0.2, -0.15) is 0 Å². The maximum absolute atomic E-state index is 12.6. The van der Waals surface area contributed by atoms with Gasteiger partial charge in [-0.1, -0.05) is 36.7 Å². The number of carbonyl (C=O) groups is 1. The van der Waals surface area contributed by atoms with Gasteiger partial charge in [0.15, 0.2) is 0 Å². The summed E-state index contributed by atoms with van der Waals surface area (Å²) in [6.45, 7) is 7.19. The van der Waals surface area contributed by atoms with Crippen molar-refractivity contribution in [2.45, 2.75) is 45.8 Å². The van der Waals surface area contributed by atoms with Crippen molar-refractivity contribution in [2.24, 2.45) is 0 Å². The van der Waals surface area contributed by atoms with E-state index >= 15 is 0 Å². The maximum Gasteiger partial charge on any atom is 0.407 e. The van der Waals surface area contributed by atoms with Gasteiger partial charge in [0.25, 0.3) is 5.56 Å². The van der Waals surface area contributed by atoms with Crippen molar-refractivity contribution in [1.29, 1.82) is 0 Å². The van der Waals surface area contributed by atoms with Crippen LogP contribution in [0, 0.1) is 0 Å². The molecule has 0 aliphatic heterocycles. The van der Waals surface area contributed by atoms with Crippen molar-refractivity contribution in [2.75, 3.05) is 6.61 Å². The lowest BCUT2D eigenvalue weighted by atomic mass is 10.2. The molecule has 0 fully saturated rings. The molecule has 0 aliphatic carbocycles. The summed E-state index contributed by atoms with van der Waals surface area (Å²) in [7, 11) is 0. The Morgan fingerprint density at radius 3 is 2.56 bits per heavy atom. The second-order valence-electron chi connectivity index (χ2n) is 8.14. The quantitative estimate of drug-likeness (QED) is 0.544. The Labute approximate surface area is 189 Å². The first-order valence-electron chi connectivity index (χ1n) is 10.1. The van der Waals surface area contributed by atoms with Crippen LogP contribution in [0.25, 0.3) is 16.6 Å². The van der Waals surface area contributed by atoms with Crippen LogP contribution in [0.1, 0.15) is 34.1 Å². The number of hydrogen-bond donors (Lipinski definition) is 2. The number of nitrogens with zero attached hydrogens (tertiary/aromatic N) is 2. The Bertz CT molecular complexity index is 1230. The van der Waals surface area contributed by atoms with Crippen LogP contribution >= 0.6 is 11.6 Å². The number of fused-ring (bicyclic) bond motifs is 1. The summed E-state index contributed by atoms with van der Waals surface area (Å²) < 4.78 is 12.4. The Hall–Kier alpha value is -3.33. The van der Waals surface area contributed by atoms with Crippen molar-refractivity contribution in [3.63, 3.8) is 0 Å². The second-order valence-corrected chi connectivity index (χ2v) is 8.52. The molecule has 170 valence electrons. The van der Waals surface area contributed by atoms with E-state index in [1.165, 1.54) is 10.6 Å². The Morgan fingerprint density at radius 1 is 1.25 bits per heavy atom. The molecule has 3 aromatic rings. The summed E-state index contributed by atoms with van der Waals surface area (Å²) in [6, 6.07) is 9.84. The number of H-pyrrole nitrogens is 1. The molecule has 1 aromatic carbocycles. The van der Waals surface area contributed by atoms with Gasteiger partial charge in [-0.05, 0) is 39.3 Å². The van der Waals surface area contributed by atoms with E-state index in [2.05, 4.69) is 15.3 Å². The highest BCUT2D eigenvalue weighted by atomic mass is 35.5. The summed E-state index contributed by atoms with van der Waals surface area (Å²) in [5.74, 6) is -0.0390. The van der Waals surface area contributed by atoms with Crippen LogP contribution in [-0.4, -0.2) is 38.9 Å². The van der Waals surface area contributed by atoms with Gasteiger partial charge in [0.1, 0.15) is 22.7 Å². The van der Waals surface area contributed by atoms with Gasteiger partial charge in [-0.15, -0.1) is 0 Å². The van der Waals surface area contributed by atoms with Crippen LogP contribution in [0.15, 0.2) is 46.0 Å². The number of carbonyl (C=O) groups excluding carboxylic acids is 1. The van der Waals surface area contributed by atoms with Gasteiger partial charge in [-0.25, -0.2) is 14.6 Å². The van der Waals surface area contributed by atoms with Crippen LogP contribution in [0.5, 0.6) is 5.88 Å². The van der Waals surface area contributed by atoms with Gasteiger partial charge < -0.3 is 14.8 Å². The van der Waals surface area contributed by atoms with Crippen LogP contribution in [0.2, 0.25) is 5.15 Å². The number of benzene rings is 1. The fraction of sp³-hybridized carbons (Fsp3) is 0.364. The van der Waals surface area contributed by atoms with Crippen LogP contribution < -0.4 is 21.3 Å². The minimum absolute atomic E-state index is 0.0160. The number of halogens is 1. The molecule has 32 heavy (non-hydrogen) atoms. The van der Waals surface area contributed by atoms with E-state index in [0.29, 0.717) is 12.1 Å². The fourth-order valence-electron chi connectivity index (χ4n) is 3.05. The number of pyridine rings is 1. The molecular weight excluding hydrogens is 436 g/mol. The Balaban J connectivity index is 1.96. The summed E-state index contributed by atoms with van der Waals surface area (Å²) in [4.78, 5) is 43.7. The van der Waals surface area contributed by atoms with Crippen molar-refractivity contribution < 1.29 is 14.3 Å². The van der Waals surface area contributed by atoms with E-state index in [-0.39, 0.29) is 28.5 Å². The van der Waals surface area contributed by atoms with E-state index in [9.17, 15) is 14.4 Å². The highest BCUT2D eigenvalue weighted by Crippen LogP contribution is 2.25. The monoisotopic (exact) mass is 460 g/mol. The standard InChI is InChI=1S/C22H25ClN4O5/c1-5-13(24-21(30)32-22(2,3)4)12-31-19-17-15(11-16(23)25-19)27(20(29)26-18(17)28)14-9-7-6-8-10-14/h6-11,13H,5,12H2,1-4H3,(H,24,30)(H,26,28,29)/t13-/m0/s1. The molecule has 2 N–H and O–H groups in total. The average Bonchev–Trinajstić information content (AvgIpc) is 2.69. The molecule has 0 aliphatic rings. The number of amides is 1. The first-order chi connectivity index (χ1) is 15.1. The molecule has 0 saturated carbocycles. The number of alkyl carbamates (subject to hydrolysis) is 1. The second kappa shape index (κ2) is 9.44. The largest absolute Gasteiger partial charge is 0.475 e. The Morgan fingerprint density at radius 2 is 1.94 bits per heavy atom. The molecule has 0 spiro atoms. The summed E-state index contributed by atoms with van der Waals surface area (Å²) in [5, 5.41) is 2.85. The van der Waals surface area contributed by atoms with Gasteiger partial charge in [0.2, 0.25) is 5.88 Å².